The molecular formula is C15H24N2O3S. The molecular weight excluding hydrogens is 288 g/mol. The van der Waals surface area contributed by atoms with Crippen molar-refractivity contribution in [3.8, 4) is 0 Å². The third kappa shape index (κ3) is 4.23. The molecule has 0 spiro atoms. The second kappa shape index (κ2) is 6.40. The number of carbonyl (C=O) groups excluding carboxylic acids is 2. The van der Waals surface area contributed by atoms with E-state index >= 15 is 0 Å². The lowest BCUT2D eigenvalue weighted by Crippen LogP contribution is -2.42. The van der Waals surface area contributed by atoms with Gasteiger partial charge in [-0.3, -0.25) is 9.69 Å². The largest absolute Gasteiger partial charge is 0.457 e. The van der Waals surface area contributed by atoms with Crippen molar-refractivity contribution in [2.24, 2.45) is 0 Å². The summed E-state index contributed by atoms with van der Waals surface area (Å²) in [7, 11) is 1.72. The lowest BCUT2D eigenvalue weighted by atomic mass is 10.1. The minimum absolute atomic E-state index is 0.0525. The highest BCUT2D eigenvalue weighted by Gasteiger charge is 2.39. The van der Waals surface area contributed by atoms with Gasteiger partial charge in [0.25, 0.3) is 5.91 Å². The molecule has 0 aromatic carbocycles. The van der Waals surface area contributed by atoms with E-state index in [0.29, 0.717) is 5.03 Å². The Morgan fingerprint density at radius 3 is 2.48 bits per heavy atom. The van der Waals surface area contributed by atoms with Crippen molar-refractivity contribution in [1.29, 1.82) is 0 Å². The molecule has 0 aromatic rings. The number of amides is 1. The third-order valence-electron chi connectivity index (χ3n) is 3.48. The zero-order valence-corrected chi connectivity index (χ0v) is 14.0. The molecule has 2 aliphatic heterocycles. The SMILES string of the molecule is CN1C(=O)C(N2CCCCC2)S/C1=C/C(=O)OC(C)(C)C. The number of likely N-dealkylation sites (tertiary alicyclic amines) is 1. The fraction of sp³-hybridized carbons (Fsp3) is 0.733. The third-order valence-corrected chi connectivity index (χ3v) is 4.83. The number of piperidine rings is 1. The standard InChI is InChI=1S/C15H24N2O3S/c1-15(2,3)20-12(18)10-11-16(4)13(19)14(21-11)17-8-6-5-7-9-17/h10,14H,5-9H2,1-4H3/b11-10+. The van der Waals surface area contributed by atoms with Gasteiger partial charge in [-0.1, -0.05) is 18.2 Å². The average Bonchev–Trinajstić information content (AvgIpc) is 2.66. The van der Waals surface area contributed by atoms with Gasteiger partial charge in [0.05, 0.1) is 11.1 Å². The number of thioether (sulfide) groups is 1. The molecule has 2 saturated heterocycles. The minimum atomic E-state index is -0.522. The lowest BCUT2D eigenvalue weighted by molar-refractivity contribution is -0.148. The van der Waals surface area contributed by atoms with E-state index in [1.54, 1.807) is 11.9 Å². The Hall–Kier alpha value is -1.01. The molecule has 118 valence electrons. The first-order chi connectivity index (χ1) is 9.78. The summed E-state index contributed by atoms with van der Waals surface area (Å²) in [6, 6.07) is 0. The molecule has 2 heterocycles. The van der Waals surface area contributed by atoms with Gasteiger partial charge in [-0.25, -0.2) is 4.79 Å². The summed E-state index contributed by atoms with van der Waals surface area (Å²) < 4.78 is 5.28. The van der Waals surface area contributed by atoms with Gasteiger partial charge in [-0.15, -0.1) is 0 Å². The molecule has 2 rings (SSSR count). The van der Waals surface area contributed by atoms with Gasteiger partial charge in [0.1, 0.15) is 11.0 Å². The van der Waals surface area contributed by atoms with Crippen LogP contribution in [0.3, 0.4) is 0 Å². The second-order valence-corrected chi connectivity index (χ2v) is 7.58. The van der Waals surface area contributed by atoms with Crippen molar-refractivity contribution in [2.75, 3.05) is 20.1 Å². The highest BCUT2D eigenvalue weighted by molar-refractivity contribution is 8.04. The summed E-state index contributed by atoms with van der Waals surface area (Å²) in [5.41, 5.74) is -0.522. The Morgan fingerprint density at radius 1 is 1.29 bits per heavy atom. The van der Waals surface area contributed by atoms with Crippen LogP contribution in [0.5, 0.6) is 0 Å². The van der Waals surface area contributed by atoms with E-state index in [9.17, 15) is 9.59 Å². The normalized spacial score (nSPS) is 26.5. The van der Waals surface area contributed by atoms with E-state index in [0.717, 1.165) is 25.9 Å². The molecule has 1 atom stereocenters. The molecule has 0 N–H and O–H groups in total. The van der Waals surface area contributed by atoms with Crippen molar-refractivity contribution in [3.63, 3.8) is 0 Å². The van der Waals surface area contributed by atoms with Crippen LogP contribution in [0.15, 0.2) is 11.1 Å². The predicted molar refractivity (Wildman–Crippen MR) is 83.5 cm³/mol. The zero-order valence-electron chi connectivity index (χ0n) is 13.2. The summed E-state index contributed by atoms with van der Waals surface area (Å²) in [4.78, 5) is 28.0. The van der Waals surface area contributed by atoms with Gasteiger partial charge in [0.15, 0.2) is 0 Å². The van der Waals surface area contributed by atoms with Crippen LogP contribution in [0.25, 0.3) is 0 Å². The summed E-state index contributed by atoms with van der Waals surface area (Å²) >= 11 is 1.45. The van der Waals surface area contributed by atoms with Crippen molar-refractivity contribution < 1.29 is 14.3 Å². The van der Waals surface area contributed by atoms with Gasteiger partial charge in [-0.2, -0.15) is 0 Å². The zero-order chi connectivity index (χ0) is 15.6. The van der Waals surface area contributed by atoms with Gasteiger partial charge in [0.2, 0.25) is 0 Å². The van der Waals surface area contributed by atoms with Crippen LogP contribution in [0, 0.1) is 0 Å². The molecule has 6 heteroatoms. The molecule has 0 radical (unpaired) electrons. The van der Waals surface area contributed by atoms with Crippen LogP contribution in [-0.2, 0) is 14.3 Å². The molecule has 1 amide bonds. The number of hydrogen-bond donors (Lipinski definition) is 0. The number of hydrogen-bond acceptors (Lipinski definition) is 5. The first-order valence-electron chi connectivity index (χ1n) is 7.41. The highest BCUT2D eigenvalue weighted by Crippen LogP contribution is 2.37. The van der Waals surface area contributed by atoms with Crippen LogP contribution < -0.4 is 0 Å². The number of ether oxygens (including phenoxy) is 1. The van der Waals surface area contributed by atoms with Crippen molar-refractivity contribution in [2.45, 2.75) is 51.0 Å². The van der Waals surface area contributed by atoms with E-state index in [4.69, 9.17) is 4.74 Å². The van der Waals surface area contributed by atoms with Gasteiger partial charge in [-0.05, 0) is 46.7 Å². The maximum absolute atomic E-state index is 12.4. The van der Waals surface area contributed by atoms with Gasteiger partial charge >= 0.3 is 5.97 Å². The average molecular weight is 312 g/mol. The number of likely N-dealkylation sites (N-methyl/N-ethyl adjacent to an activating group) is 1. The number of carbonyl (C=O) groups is 2. The van der Waals surface area contributed by atoms with Crippen molar-refractivity contribution in [1.82, 2.24) is 9.80 Å². The Kier molecular flexibility index (Phi) is 4.99. The molecule has 0 aromatic heterocycles. The second-order valence-electron chi connectivity index (χ2n) is 6.48. The Morgan fingerprint density at radius 2 is 1.90 bits per heavy atom. The first-order valence-corrected chi connectivity index (χ1v) is 8.29. The van der Waals surface area contributed by atoms with Crippen molar-refractivity contribution >= 4 is 23.6 Å². The smallest absolute Gasteiger partial charge is 0.333 e. The molecule has 2 fully saturated rings. The van der Waals surface area contributed by atoms with Gasteiger partial charge < -0.3 is 9.64 Å². The van der Waals surface area contributed by atoms with Crippen LogP contribution in [0.2, 0.25) is 0 Å². The van der Waals surface area contributed by atoms with E-state index < -0.39 is 11.6 Å². The number of rotatable bonds is 2. The fourth-order valence-corrected chi connectivity index (χ4v) is 3.72. The van der Waals surface area contributed by atoms with E-state index in [-0.39, 0.29) is 11.3 Å². The molecule has 2 aliphatic rings. The molecule has 0 aliphatic carbocycles. The lowest BCUT2D eigenvalue weighted by Gasteiger charge is -2.29. The molecule has 0 saturated carbocycles. The predicted octanol–water partition coefficient (Wildman–Crippen LogP) is 2.19. The highest BCUT2D eigenvalue weighted by atomic mass is 32.2. The summed E-state index contributed by atoms with van der Waals surface area (Å²) in [5, 5.41) is 0.480. The number of esters is 1. The fourth-order valence-electron chi connectivity index (χ4n) is 2.46. The van der Waals surface area contributed by atoms with Gasteiger partial charge in [0, 0.05) is 7.05 Å². The maximum atomic E-state index is 12.4. The summed E-state index contributed by atoms with van der Waals surface area (Å²) in [6.45, 7) is 7.40. The topological polar surface area (TPSA) is 49.9 Å². The quantitative estimate of drug-likeness (QED) is 0.578. The first kappa shape index (κ1) is 16.4. The summed E-state index contributed by atoms with van der Waals surface area (Å²) in [5.74, 6) is -0.347. The monoisotopic (exact) mass is 312 g/mol. The Labute approximate surface area is 130 Å². The van der Waals surface area contributed by atoms with Crippen LogP contribution >= 0.6 is 11.8 Å². The maximum Gasteiger partial charge on any atom is 0.333 e. The van der Waals surface area contributed by atoms with Crippen LogP contribution in [0.1, 0.15) is 40.0 Å². The Balaban J connectivity index is 2.05. The van der Waals surface area contributed by atoms with E-state index in [1.165, 1.54) is 24.3 Å². The molecule has 21 heavy (non-hydrogen) atoms. The molecule has 5 nitrogen and oxygen atoms in total. The minimum Gasteiger partial charge on any atom is -0.457 e. The number of nitrogens with zero attached hydrogens (tertiary/aromatic N) is 2. The molecule has 1 unspecified atom stereocenters. The van der Waals surface area contributed by atoms with Crippen LogP contribution in [-0.4, -0.2) is 52.8 Å². The van der Waals surface area contributed by atoms with Crippen molar-refractivity contribution in [3.05, 3.63) is 11.1 Å². The Bertz CT molecular complexity index is 450. The molecule has 0 bridgehead atoms. The summed E-state index contributed by atoms with van der Waals surface area (Å²) in [6.07, 6.45) is 4.94. The van der Waals surface area contributed by atoms with E-state index in [2.05, 4.69) is 4.90 Å². The van der Waals surface area contributed by atoms with Crippen LogP contribution in [0.4, 0.5) is 0 Å². The van der Waals surface area contributed by atoms with E-state index in [1.807, 2.05) is 20.8 Å².